The first-order valence-corrected chi connectivity index (χ1v) is 10.1. The van der Waals surface area contributed by atoms with Crippen LogP contribution >= 0.6 is 0 Å². The summed E-state index contributed by atoms with van der Waals surface area (Å²) >= 11 is 0. The summed E-state index contributed by atoms with van der Waals surface area (Å²) in [5.41, 5.74) is 4.68. The molecule has 2 heterocycles. The first kappa shape index (κ1) is 18.9. The molecule has 5 rings (SSSR count). The summed E-state index contributed by atoms with van der Waals surface area (Å²) in [6.07, 6.45) is 0.309. The molecule has 0 radical (unpaired) electrons. The number of furan rings is 1. The highest BCUT2D eigenvalue weighted by molar-refractivity contribution is 5.82. The van der Waals surface area contributed by atoms with Gasteiger partial charge in [-0.1, -0.05) is 78.0 Å². The van der Waals surface area contributed by atoms with Gasteiger partial charge in [-0.05, 0) is 28.8 Å². The van der Waals surface area contributed by atoms with Crippen molar-refractivity contribution in [3.05, 3.63) is 102 Å². The van der Waals surface area contributed by atoms with Crippen LogP contribution in [0, 0.1) is 0 Å². The number of nitrogens with one attached hydrogen (secondary N) is 1. The van der Waals surface area contributed by atoms with E-state index in [0.717, 1.165) is 27.7 Å². The van der Waals surface area contributed by atoms with Crippen LogP contribution in [0.2, 0.25) is 0 Å². The summed E-state index contributed by atoms with van der Waals surface area (Å²) in [5, 5.41) is 7.93. The lowest BCUT2D eigenvalue weighted by molar-refractivity contribution is -0.120. The number of carbonyl (C=O) groups is 1. The highest BCUT2D eigenvalue weighted by atomic mass is 16.5. The first-order chi connectivity index (χ1) is 15.2. The number of hydrogen-bond acceptors (Lipinski definition) is 4. The van der Waals surface area contributed by atoms with Crippen molar-refractivity contribution in [1.82, 2.24) is 10.5 Å². The molecule has 5 heteroatoms. The molecule has 31 heavy (non-hydrogen) atoms. The Morgan fingerprint density at radius 2 is 1.55 bits per heavy atom. The van der Waals surface area contributed by atoms with E-state index in [1.165, 1.54) is 0 Å². The lowest BCUT2D eigenvalue weighted by Crippen LogP contribution is -2.24. The van der Waals surface area contributed by atoms with Gasteiger partial charge in [0.15, 0.2) is 5.76 Å². The molecule has 0 fully saturated rings. The third-order valence-corrected chi connectivity index (χ3v) is 5.12. The van der Waals surface area contributed by atoms with Gasteiger partial charge in [-0.2, -0.15) is 0 Å². The van der Waals surface area contributed by atoms with Crippen molar-refractivity contribution in [2.75, 3.05) is 0 Å². The van der Waals surface area contributed by atoms with E-state index in [9.17, 15) is 4.79 Å². The van der Waals surface area contributed by atoms with Gasteiger partial charge in [-0.15, -0.1) is 0 Å². The van der Waals surface area contributed by atoms with Crippen LogP contribution in [0.5, 0.6) is 0 Å². The van der Waals surface area contributed by atoms with Crippen molar-refractivity contribution in [3.63, 3.8) is 0 Å². The number of carbonyl (C=O) groups excluding carboxylic acids is 1. The maximum atomic E-state index is 12.3. The number of nitrogens with zero attached hydrogens (tertiary/aromatic N) is 1. The van der Waals surface area contributed by atoms with Crippen molar-refractivity contribution < 1.29 is 13.7 Å². The predicted molar refractivity (Wildman–Crippen MR) is 119 cm³/mol. The molecule has 0 unspecified atom stereocenters. The second kappa shape index (κ2) is 8.32. The van der Waals surface area contributed by atoms with Gasteiger partial charge in [-0.3, -0.25) is 4.79 Å². The molecule has 0 atom stereocenters. The third kappa shape index (κ3) is 4.26. The molecule has 2 aromatic heterocycles. The topological polar surface area (TPSA) is 68.3 Å². The standard InChI is InChI=1S/C26H20N2O3/c29-26(14-18-10-12-20(13-11-18)19-6-2-1-3-7-19)27-17-22-16-25(31-28-22)24-15-21-8-4-5-9-23(21)30-24/h1-13,15-16H,14,17H2,(H,27,29). The smallest absolute Gasteiger partial charge is 0.224 e. The minimum absolute atomic E-state index is 0.0688. The van der Waals surface area contributed by atoms with E-state index in [-0.39, 0.29) is 5.91 Å². The first-order valence-electron chi connectivity index (χ1n) is 10.1. The lowest BCUT2D eigenvalue weighted by atomic mass is 10.0. The van der Waals surface area contributed by atoms with Crippen molar-refractivity contribution in [2.45, 2.75) is 13.0 Å². The van der Waals surface area contributed by atoms with E-state index in [1.807, 2.05) is 72.8 Å². The van der Waals surface area contributed by atoms with E-state index < -0.39 is 0 Å². The van der Waals surface area contributed by atoms with Crippen molar-refractivity contribution in [3.8, 4) is 22.6 Å². The van der Waals surface area contributed by atoms with E-state index >= 15 is 0 Å². The van der Waals surface area contributed by atoms with E-state index in [4.69, 9.17) is 8.94 Å². The molecule has 5 aromatic rings. The zero-order valence-corrected chi connectivity index (χ0v) is 16.7. The molecule has 3 aromatic carbocycles. The normalized spacial score (nSPS) is 11.0. The predicted octanol–water partition coefficient (Wildman–Crippen LogP) is 5.61. The maximum absolute atomic E-state index is 12.3. The molecule has 0 spiro atoms. The number of aromatic nitrogens is 1. The van der Waals surface area contributed by atoms with Gasteiger partial charge < -0.3 is 14.3 Å². The summed E-state index contributed by atoms with van der Waals surface area (Å²) in [4.78, 5) is 12.3. The summed E-state index contributed by atoms with van der Waals surface area (Å²) in [5.74, 6) is 1.09. The molecular weight excluding hydrogens is 388 g/mol. The monoisotopic (exact) mass is 408 g/mol. The quantitative estimate of drug-likeness (QED) is 0.396. The Balaban J connectivity index is 1.18. The van der Waals surface area contributed by atoms with Crippen LogP contribution in [0.15, 0.2) is 99.9 Å². The Labute approximate surface area is 179 Å². The van der Waals surface area contributed by atoms with Crippen LogP contribution in [0.4, 0.5) is 0 Å². The fourth-order valence-corrected chi connectivity index (χ4v) is 3.50. The van der Waals surface area contributed by atoms with Crippen LogP contribution in [0.3, 0.4) is 0 Å². The number of para-hydroxylation sites is 1. The van der Waals surface area contributed by atoms with Crippen LogP contribution in [0.25, 0.3) is 33.6 Å². The largest absolute Gasteiger partial charge is 0.453 e. The van der Waals surface area contributed by atoms with Crippen molar-refractivity contribution in [1.29, 1.82) is 0 Å². The Morgan fingerprint density at radius 1 is 0.806 bits per heavy atom. The van der Waals surface area contributed by atoms with Crippen molar-refractivity contribution in [2.24, 2.45) is 0 Å². The second-order valence-corrected chi connectivity index (χ2v) is 7.35. The summed E-state index contributed by atoms with van der Waals surface area (Å²) < 4.78 is 11.2. The average molecular weight is 408 g/mol. The minimum Gasteiger partial charge on any atom is -0.453 e. The van der Waals surface area contributed by atoms with Gasteiger partial charge in [0, 0.05) is 11.5 Å². The van der Waals surface area contributed by atoms with Gasteiger partial charge in [0.1, 0.15) is 11.3 Å². The number of rotatable bonds is 6. The minimum atomic E-state index is -0.0688. The summed E-state index contributed by atoms with van der Waals surface area (Å²) in [6, 6.07) is 29.7. The van der Waals surface area contributed by atoms with Crippen LogP contribution < -0.4 is 5.32 Å². The molecule has 0 aliphatic heterocycles. The molecular formula is C26H20N2O3. The zero-order chi connectivity index (χ0) is 21.0. The summed E-state index contributed by atoms with van der Waals surface area (Å²) in [7, 11) is 0. The Bertz CT molecular complexity index is 1280. The van der Waals surface area contributed by atoms with Gasteiger partial charge >= 0.3 is 0 Å². The zero-order valence-electron chi connectivity index (χ0n) is 16.7. The third-order valence-electron chi connectivity index (χ3n) is 5.12. The summed E-state index contributed by atoms with van der Waals surface area (Å²) in [6.45, 7) is 0.296. The highest BCUT2D eigenvalue weighted by Gasteiger charge is 2.13. The number of fused-ring (bicyclic) bond motifs is 1. The molecule has 1 amide bonds. The maximum Gasteiger partial charge on any atom is 0.224 e. The molecule has 5 nitrogen and oxygen atoms in total. The molecule has 152 valence electrons. The van der Waals surface area contributed by atoms with Crippen LogP contribution in [0.1, 0.15) is 11.3 Å². The molecule has 1 N–H and O–H groups in total. The van der Waals surface area contributed by atoms with Gasteiger partial charge in [0.2, 0.25) is 11.7 Å². The molecule has 0 aliphatic carbocycles. The Morgan fingerprint density at radius 3 is 2.35 bits per heavy atom. The highest BCUT2D eigenvalue weighted by Crippen LogP contribution is 2.28. The SMILES string of the molecule is O=C(Cc1ccc(-c2ccccc2)cc1)NCc1cc(-c2cc3ccccc3o2)on1. The Hall–Kier alpha value is -4.12. The number of amides is 1. The second-order valence-electron chi connectivity index (χ2n) is 7.35. The molecule has 0 bridgehead atoms. The van der Waals surface area contributed by atoms with Gasteiger partial charge in [0.05, 0.1) is 13.0 Å². The molecule has 0 saturated heterocycles. The Kier molecular flexibility index (Phi) is 5.07. The van der Waals surface area contributed by atoms with E-state index in [0.29, 0.717) is 30.2 Å². The van der Waals surface area contributed by atoms with Crippen LogP contribution in [-0.2, 0) is 17.8 Å². The fourth-order valence-electron chi connectivity index (χ4n) is 3.50. The van der Waals surface area contributed by atoms with Gasteiger partial charge in [0.25, 0.3) is 0 Å². The average Bonchev–Trinajstić information content (AvgIpc) is 3.46. The van der Waals surface area contributed by atoms with Gasteiger partial charge in [-0.25, -0.2) is 0 Å². The molecule has 0 aliphatic rings. The molecule has 0 saturated carbocycles. The van der Waals surface area contributed by atoms with E-state index in [2.05, 4.69) is 22.6 Å². The van der Waals surface area contributed by atoms with E-state index in [1.54, 1.807) is 6.07 Å². The lowest BCUT2D eigenvalue weighted by Gasteiger charge is -2.05. The number of hydrogen-bond donors (Lipinski definition) is 1. The van der Waals surface area contributed by atoms with Crippen LogP contribution in [-0.4, -0.2) is 11.1 Å². The number of benzene rings is 3. The fraction of sp³-hybridized carbons (Fsp3) is 0.0769. The van der Waals surface area contributed by atoms with Crippen molar-refractivity contribution >= 4 is 16.9 Å².